The number of aromatic hydroxyl groups is 1. The van der Waals surface area contributed by atoms with Gasteiger partial charge in [0.2, 0.25) is 5.88 Å². The minimum atomic E-state index is -0.503. The molecule has 0 saturated heterocycles. The first-order valence-electron chi connectivity index (χ1n) is 9.60. The summed E-state index contributed by atoms with van der Waals surface area (Å²) in [6.07, 6.45) is 5.28. The second kappa shape index (κ2) is 7.75. The van der Waals surface area contributed by atoms with Crippen LogP contribution in [0.1, 0.15) is 24.1 Å². The second-order valence-electron chi connectivity index (χ2n) is 7.23. The van der Waals surface area contributed by atoms with Crippen LogP contribution in [0.15, 0.2) is 40.2 Å². The van der Waals surface area contributed by atoms with Gasteiger partial charge in [0.25, 0.3) is 0 Å². The van der Waals surface area contributed by atoms with Gasteiger partial charge in [-0.1, -0.05) is 29.3 Å². The van der Waals surface area contributed by atoms with Crippen molar-refractivity contribution in [2.75, 3.05) is 5.32 Å². The van der Waals surface area contributed by atoms with E-state index in [1.165, 1.54) is 0 Å². The van der Waals surface area contributed by atoms with Crippen molar-refractivity contribution in [2.45, 2.75) is 25.4 Å². The van der Waals surface area contributed by atoms with Gasteiger partial charge in [-0.05, 0) is 31.1 Å². The molecule has 0 atom stereocenters. The maximum absolute atomic E-state index is 11.4. The normalized spacial score (nSPS) is 15.2. The first kappa shape index (κ1) is 19.7. The van der Waals surface area contributed by atoms with Crippen molar-refractivity contribution < 1.29 is 5.11 Å². The highest BCUT2D eigenvalue weighted by Crippen LogP contribution is 2.25. The van der Waals surface area contributed by atoms with Crippen LogP contribution in [-0.4, -0.2) is 35.7 Å². The molecule has 0 radical (unpaired) electrons. The fourth-order valence-corrected chi connectivity index (χ4v) is 3.70. The number of H-pyrrole nitrogens is 2. The molecule has 5 rings (SSSR count). The van der Waals surface area contributed by atoms with Gasteiger partial charge in [-0.3, -0.25) is 9.98 Å². The summed E-state index contributed by atoms with van der Waals surface area (Å²) >= 11 is 12.6. The monoisotopic (exact) mass is 457 g/mol. The summed E-state index contributed by atoms with van der Waals surface area (Å²) < 4.78 is 1.64. The number of rotatable bonds is 5. The average molecular weight is 458 g/mol. The molecule has 1 aliphatic rings. The Morgan fingerprint density at radius 3 is 2.74 bits per heavy atom. The number of nitrogens with zero attached hydrogens (tertiary/aromatic N) is 4. The van der Waals surface area contributed by atoms with Crippen LogP contribution in [0.4, 0.5) is 5.82 Å². The van der Waals surface area contributed by atoms with E-state index in [-0.39, 0.29) is 17.6 Å². The molecule has 158 valence electrons. The van der Waals surface area contributed by atoms with Crippen molar-refractivity contribution in [3.05, 3.63) is 73.0 Å². The molecule has 1 aromatic carbocycles. The lowest BCUT2D eigenvalue weighted by molar-refractivity contribution is 0.454. The number of aromatic nitrogens is 5. The zero-order valence-electron chi connectivity index (χ0n) is 16.1. The number of imidazole rings is 1. The molecular weight excluding hydrogens is 441 g/mol. The summed E-state index contributed by atoms with van der Waals surface area (Å²) in [6, 6.07) is 7.45. The molecule has 31 heavy (non-hydrogen) atoms. The minimum absolute atomic E-state index is 0.239. The topological polar surface area (TPSA) is 123 Å². The lowest BCUT2D eigenvalue weighted by Gasteiger charge is -2.09. The van der Waals surface area contributed by atoms with Gasteiger partial charge < -0.3 is 15.4 Å². The average Bonchev–Trinajstić information content (AvgIpc) is 3.36. The molecule has 0 unspecified atom stereocenters. The summed E-state index contributed by atoms with van der Waals surface area (Å²) in [5.74, 6) is 0.319. The quantitative estimate of drug-likeness (QED) is 0.364. The number of hydrogen-bond acceptors (Lipinski definition) is 6. The van der Waals surface area contributed by atoms with E-state index in [0.717, 1.165) is 18.4 Å². The first-order valence-corrected chi connectivity index (χ1v) is 10.4. The molecular formula is C20H17Cl2N7O2. The third-order valence-electron chi connectivity index (χ3n) is 4.89. The number of anilines is 1. The maximum Gasteiger partial charge on any atom is 0.326 e. The zero-order valence-corrected chi connectivity index (χ0v) is 17.6. The molecule has 0 bridgehead atoms. The summed E-state index contributed by atoms with van der Waals surface area (Å²) in [5, 5.41) is 19.3. The van der Waals surface area contributed by atoms with Crippen LogP contribution in [0.25, 0.3) is 11.7 Å². The van der Waals surface area contributed by atoms with Crippen LogP contribution >= 0.6 is 23.2 Å². The van der Waals surface area contributed by atoms with E-state index in [4.69, 9.17) is 28.2 Å². The number of aromatic amines is 2. The Balaban J connectivity index is 1.60. The van der Waals surface area contributed by atoms with E-state index in [1.807, 2.05) is 6.07 Å². The van der Waals surface area contributed by atoms with Crippen LogP contribution in [0.2, 0.25) is 10.0 Å². The molecule has 0 spiro atoms. The van der Waals surface area contributed by atoms with Gasteiger partial charge in [0, 0.05) is 33.4 Å². The predicted molar refractivity (Wildman–Crippen MR) is 117 cm³/mol. The van der Waals surface area contributed by atoms with Crippen molar-refractivity contribution >= 4 is 40.7 Å². The Labute approximate surface area is 185 Å². The standard InChI is InChI=1S/C20H17Cl2N7O2/c21-13-2-1-3-14(22)12(13)9-23-16-7-17(25-11-4-5-11)29-18(27-16)10(8-24-29)6-15-19(30)28-20(31)26-15/h1-3,6-8,11,23,30H,4-5,9H2,(H2,26,28,31)/b10-6-,25-17?. The minimum Gasteiger partial charge on any atom is -0.493 e. The molecule has 1 aliphatic carbocycles. The summed E-state index contributed by atoms with van der Waals surface area (Å²) in [5.41, 5.74) is 1.69. The Bertz CT molecular complexity index is 1450. The van der Waals surface area contributed by atoms with Gasteiger partial charge in [-0.2, -0.15) is 9.61 Å². The van der Waals surface area contributed by atoms with Crippen LogP contribution < -0.4 is 21.7 Å². The van der Waals surface area contributed by atoms with Gasteiger partial charge >= 0.3 is 5.69 Å². The molecule has 3 heterocycles. The molecule has 1 fully saturated rings. The van der Waals surface area contributed by atoms with Crippen molar-refractivity contribution in [3.63, 3.8) is 0 Å². The highest BCUT2D eigenvalue weighted by atomic mass is 35.5. The highest BCUT2D eigenvalue weighted by molar-refractivity contribution is 6.36. The van der Waals surface area contributed by atoms with Crippen molar-refractivity contribution in [1.82, 2.24) is 24.6 Å². The van der Waals surface area contributed by atoms with Crippen molar-refractivity contribution in [3.8, 4) is 5.88 Å². The SMILES string of the molecule is O=c1[nH]c(O)c(/C=c2/cnn3c(=NC4CC4)cc(NCc4c(Cl)cccc4Cl)nc23)[nH]1. The van der Waals surface area contributed by atoms with E-state index in [2.05, 4.69) is 25.4 Å². The Morgan fingerprint density at radius 2 is 2.06 bits per heavy atom. The number of fused-ring (bicyclic) bond motifs is 1. The Kier molecular flexibility index (Phi) is 4.91. The molecule has 9 nitrogen and oxygen atoms in total. The summed E-state index contributed by atoms with van der Waals surface area (Å²) in [6.45, 7) is 0.379. The lowest BCUT2D eigenvalue weighted by Crippen LogP contribution is -2.20. The number of halogens is 2. The summed E-state index contributed by atoms with van der Waals surface area (Å²) in [4.78, 5) is 25.6. The summed E-state index contributed by atoms with van der Waals surface area (Å²) in [7, 11) is 0. The Hall–Kier alpha value is -3.30. The van der Waals surface area contributed by atoms with Gasteiger partial charge in [0.05, 0.1) is 12.2 Å². The van der Waals surface area contributed by atoms with Gasteiger partial charge in [-0.25, -0.2) is 9.78 Å². The largest absolute Gasteiger partial charge is 0.493 e. The van der Waals surface area contributed by atoms with E-state index >= 15 is 0 Å². The second-order valence-corrected chi connectivity index (χ2v) is 8.05. The number of hydrogen-bond donors (Lipinski definition) is 4. The molecule has 4 N–H and O–H groups in total. The van der Waals surface area contributed by atoms with Crippen LogP contribution in [-0.2, 0) is 6.54 Å². The van der Waals surface area contributed by atoms with Crippen LogP contribution in [0.3, 0.4) is 0 Å². The fourth-order valence-electron chi connectivity index (χ4n) is 3.17. The van der Waals surface area contributed by atoms with Crippen LogP contribution in [0, 0.1) is 0 Å². The molecule has 0 aliphatic heterocycles. The third-order valence-corrected chi connectivity index (χ3v) is 5.59. The Morgan fingerprint density at radius 1 is 1.29 bits per heavy atom. The number of nitrogens with one attached hydrogen (secondary N) is 3. The molecule has 1 saturated carbocycles. The molecule has 4 aromatic rings. The van der Waals surface area contributed by atoms with E-state index in [0.29, 0.717) is 38.8 Å². The smallest absolute Gasteiger partial charge is 0.326 e. The fraction of sp³-hybridized carbons (Fsp3) is 0.200. The third kappa shape index (κ3) is 4.01. The maximum atomic E-state index is 11.4. The molecule has 11 heteroatoms. The first-order chi connectivity index (χ1) is 15.0. The van der Waals surface area contributed by atoms with E-state index in [1.54, 1.807) is 35.0 Å². The molecule has 0 amide bonds. The van der Waals surface area contributed by atoms with Gasteiger partial charge in [0.15, 0.2) is 11.1 Å². The zero-order chi connectivity index (χ0) is 21.5. The number of benzene rings is 1. The van der Waals surface area contributed by atoms with E-state index < -0.39 is 5.69 Å². The van der Waals surface area contributed by atoms with Crippen LogP contribution in [0.5, 0.6) is 5.88 Å². The predicted octanol–water partition coefficient (Wildman–Crippen LogP) is 1.98. The van der Waals surface area contributed by atoms with Gasteiger partial charge in [-0.15, -0.1) is 0 Å². The van der Waals surface area contributed by atoms with Crippen molar-refractivity contribution in [1.29, 1.82) is 0 Å². The van der Waals surface area contributed by atoms with Gasteiger partial charge in [0.1, 0.15) is 11.5 Å². The van der Waals surface area contributed by atoms with E-state index in [9.17, 15) is 9.90 Å². The lowest BCUT2D eigenvalue weighted by atomic mass is 10.2. The highest BCUT2D eigenvalue weighted by Gasteiger charge is 2.20. The molecule has 3 aromatic heterocycles. The van der Waals surface area contributed by atoms with Crippen molar-refractivity contribution in [2.24, 2.45) is 4.99 Å².